The van der Waals surface area contributed by atoms with Crippen LogP contribution in [0.3, 0.4) is 0 Å². The molecule has 0 radical (unpaired) electrons. The summed E-state index contributed by atoms with van der Waals surface area (Å²) in [7, 11) is 0. The largest absolute Gasteiger partial charge is 0.484 e. The van der Waals surface area contributed by atoms with Crippen molar-refractivity contribution < 1.29 is 24.9 Å². The van der Waals surface area contributed by atoms with E-state index in [2.05, 4.69) is 0 Å². The Balaban J connectivity index is 2.52. The number of ether oxygens (including phenoxy) is 1. The summed E-state index contributed by atoms with van der Waals surface area (Å²) in [5.74, 6) is -0.581. The van der Waals surface area contributed by atoms with Crippen molar-refractivity contribution in [1.29, 1.82) is 0 Å². The molecule has 2 atom stereocenters. The quantitative estimate of drug-likeness (QED) is 0.744. The van der Waals surface area contributed by atoms with Crippen LogP contribution in [-0.4, -0.2) is 33.0 Å². The zero-order valence-corrected chi connectivity index (χ0v) is 13.3. The molecule has 0 aromatic heterocycles. The Hall–Kier alpha value is -1.85. The lowest BCUT2D eigenvalue weighted by Crippen LogP contribution is -2.41. The van der Waals surface area contributed by atoms with Crippen LogP contribution in [0.15, 0.2) is 23.8 Å². The van der Waals surface area contributed by atoms with Crippen molar-refractivity contribution in [2.45, 2.75) is 51.9 Å². The summed E-state index contributed by atoms with van der Waals surface area (Å²) in [6.07, 6.45) is 0.600. The van der Waals surface area contributed by atoms with E-state index in [1.54, 1.807) is 19.9 Å². The highest BCUT2D eigenvalue weighted by molar-refractivity contribution is 5.88. The number of hydrogen-bond acceptors (Lipinski definition) is 4. The molecule has 0 amide bonds. The van der Waals surface area contributed by atoms with Crippen LogP contribution in [0.5, 0.6) is 5.75 Å². The van der Waals surface area contributed by atoms with Crippen LogP contribution < -0.4 is 4.74 Å². The summed E-state index contributed by atoms with van der Waals surface area (Å²) < 4.78 is 5.76. The molecule has 1 aromatic carbocycles. The maximum absolute atomic E-state index is 11.3. The number of benzene rings is 1. The Kier molecular flexibility index (Phi) is 4.31. The van der Waals surface area contributed by atoms with Crippen molar-refractivity contribution in [3.63, 3.8) is 0 Å². The predicted octanol–water partition coefficient (Wildman–Crippen LogP) is 2.46. The first-order valence-corrected chi connectivity index (χ1v) is 7.22. The van der Waals surface area contributed by atoms with Gasteiger partial charge in [-0.05, 0) is 51.8 Å². The van der Waals surface area contributed by atoms with Gasteiger partial charge in [0.25, 0.3) is 0 Å². The van der Waals surface area contributed by atoms with Crippen LogP contribution in [0.4, 0.5) is 0 Å². The second-order valence-electron chi connectivity index (χ2n) is 6.48. The summed E-state index contributed by atoms with van der Waals surface area (Å²) in [5, 5.41) is 29.8. The highest BCUT2D eigenvalue weighted by Crippen LogP contribution is 2.43. The lowest BCUT2D eigenvalue weighted by molar-refractivity contribution is -0.0764. The van der Waals surface area contributed by atoms with Crippen molar-refractivity contribution in [1.82, 2.24) is 0 Å². The van der Waals surface area contributed by atoms with Gasteiger partial charge in [-0.2, -0.15) is 0 Å². The average Bonchev–Trinajstić information content (AvgIpc) is 2.73. The smallest absolute Gasteiger partial charge is 0.335 e. The molecule has 3 N–H and O–H groups in total. The number of aliphatic hydroxyl groups is 2. The molecule has 0 aliphatic carbocycles. The van der Waals surface area contributed by atoms with E-state index in [4.69, 9.17) is 4.74 Å². The lowest BCUT2D eigenvalue weighted by Gasteiger charge is -2.27. The van der Waals surface area contributed by atoms with Gasteiger partial charge >= 0.3 is 5.97 Å². The Morgan fingerprint density at radius 2 is 2.00 bits per heavy atom. The third-order valence-electron chi connectivity index (χ3n) is 3.72. The highest BCUT2D eigenvalue weighted by atomic mass is 16.5. The summed E-state index contributed by atoms with van der Waals surface area (Å²) >= 11 is 0. The second-order valence-corrected chi connectivity index (χ2v) is 6.48. The number of rotatable bonds is 4. The van der Waals surface area contributed by atoms with E-state index < -0.39 is 23.8 Å². The molecule has 0 saturated carbocycles. The van der Waals surface area contributed by atoms with E-state index in [0.29, 0.717) is 23.3 Å². The summed E-state index contributed by atoms with van der Waals surface area (Å²) in [6, 6.07) is 2.97. The first-order chi connectivity index (χ1) is 10.1. The standard InChI is InChI=1S/C17H22O5/c1-9(2)5-6-10-7-11(16(19)20)8-12-13(18)15(17(3,4)21)22-14(10)12/h5,7-8,13,15,18,21H,6H2,1-4H3,(H,19,20)/t13-,15-/m0/s1. The van der Waals surface area contributed by atoms with E-state index in [-0.39, 0.29) is 5.56 Å². The van der Waals surface area contributed by atoms with Gasteiger partial charge in [0.1, 0.15) is 11.9 Å². The van der Waals surface area contributed by atoms with Crippen molar-refractivity contribution in [2.24, 2.45) is 0 Å². The van der Waals surface area contributed by atoms with Crippen molar-refractivity contribution in [3.05, 3.63) is 40.5 Å². The predicted molar refractivity (Wildman–Crippen MR) is 82.2 cm³/mol. The van der Waals surface area contributed by atoms with Crippen LogP contribution in [-0.2, 0) is 6.42 Å². The van der Waals surface area contributed by atoms with Crippen molar-refractivity contribution in [2.75, 3.05) is 0 Å². The first-order valence-electron chi connectivity index (χ1n) is 7.22. The summed E-state index contributed by atoms with van der Waals surface area (Å²) in [5.41, 5.74) is 1.09. The molecule has 5 nitrogen and oxygen atoms in total. The zero-order valence-electron chi connectivity index (χ0n) is 13.3. The Morgan fingerprint density at radius 1 is 1.36 bits per heavy atom. The van der Waals surface area contributed by atoms with E-state index in [1.807, 2.05) is 19.9 Å². The third-order valence-corrected chi connectivity index (χ3v) is 3.72. The minimum atomic E-state index is -1.24. The molecule has 1 heterocycles. The summed E-state index contributed by atoms with van der Waals surface area (Å²) in [4.78, 5) is 11.3. The molecule has 120 valence electrons. The van der Waals surface area contributed by atoms with Gasteiger partial charge in [0.2, 0.25) is 0 Å². The zero-order chi connectivity index (χ0) is 16.7. The fourth-order valence-corrected chi connectivity index (χ4v) is 2.55. The molecule has 0 unspecified atom stereocenters. The number of fused-ring (bicyclic) bond motifs is 1. The number of hydrogen-bond donors (Lipinski definition) is 3. The molecule has 0 fully saturated rings. The van der Waals surface area contributed by atoms with Crippen molar-refractivity contribution in [3.8, 4) is 5.75 Å². The maximum atomic E-state index is 11.3. The average molecular weight is 306 g/mol. The van der Waals surface area contributed by atoms with Gasteiger partial charge in [-0.1, -0.05) is 11.6 Å². The van der Waals surface area contributed by atoms with Gasteiger partial charge < -0.3 is 20.1 Å². The van der Waals surface area contributed by atoms with Gasteiger partial charge in [-0.3, -0.25) is 0 Å². The molecule has 0 saturated heterocycles. The fraction of sp³-hybridized carbons (Fsp3) is 0.471. The monoisotopic (exact) mass is 306 g/mol. The molecule has 0 spiro atoms. The normalized spacial score (nSPS) is 20.3. The van der Waals surface area contributed by atoms with Gasteiger partial charge in [0.15, 0.2) is 6.10 Å². The van der Waals surface area contributed by atoms with Crippen LogP contribution in [0.2, 0.25) is 0 Å². The number of aromatic carboxylic acids is 1. The molecule has 2 rings (SSSR count). The topological polar surface area (TPSA) is 87.0 Å². The summed E-state index contributed by atoms with van der Waals surface area (Å²) in [6.45, 7) is 7.02. The molecule has 1 aliphatic rings. The molecule has 1 aliphatic heterocycles. The minimum Gasteiger partial charge on any atom is -0.484 e. The highest BCUT2D eigenvalue weighted by Gasteiger charge is 2.43. The minimum absolute atomic E-state index is 0.106. The molecule has 0 bridgehead atoms. The fourth-order valence-electron chi connectivity index (χ4n) is 2.55. The van der Waals surface area contributed by atoms with Crippen LogP contribution in [0, 0.1) is 0 Å². The van der Waals surface area contributed by atoms with Crippen LogP contribution >= 0.6 is 0 Å². The SMILES string of the molecule is CC(C)=CCc1cc(C(=O)O)cc2c1O[C@H](C(C)(C)O)[C@H]2O. The maximum Gasteiger partial charge on any atom is 0.335 e. The van der Waals surface area contributed by atoms with Gasteiger partial charge in [0, 0.05) is 5.56 Å². The van der Waals surface area contributed by atoms with E-state index in [1.165, 1.54) is 6.07 Å². The Labute approximate surface area is 129 Å². The number of carbonyl (C=O) groups is 1. The molecule has 1 aromatic rings. The molecule has 5 heteroatoms. The van der Waals surface area contributed by atoms with Gasteiger partial charge in [0.05, 0.1) is 11.2 Å². The van der Waals surface area contributed by atoms with E-state index >= 15 is 0 Å². The number of carboxylic acid groups (broad SMARTS) is 1. The van der Waals surface area contributed by atoms with Gasteiger partial charge in [-0.25, -0.2) is 4.79 Å². The Bertz CT molecular complexity index is 621. The number of aliphatic hydroxyl groups excluding tert-OH is 1. The first kappa shape index (κ1) is 16.5. The Morgan fingerprint density at radius 3 is 2.50 bits per heavy atom. The number of allylic oxidation sites excluding steroid dienone is 2. The van der Waals surface area contributed by atoms with Crippen molar-refractivity contribution >= 4 is 5.97 Å². The molecular formula is C17H22O5. The number of carboxylic acids is 1. The van der Waals surface area contributed by atoms with E-state index in [0.717, 1.165) is 5.57 Å². The third kappa shape index (κ3) is 3.15. The van der Waals surface area contributed by atoms with Gasteiger partial charge in [-0.15, -0.1) is 0 Å². The van der Waals surface area contributed by atoms with Crippen LogP contribution in [0.1, 0.15) is 55.3 Å². The molecule has 22 heavy (non-hydrogen) atoms. The van der Waals surface area contributed by atoms with E-state index in [9.17, 15) is 20.1 Å². The molecular weight excluding hydrogens is 284 g/mol. The second kappa shape index (κ2) is 5.74. The van der Waals surface area contributed by atoms with Crippen LogP contribution in [0.25, 0.3) is 0 Å². The lowest BCUT2D eigenvalue weighted by atomic mass is 9.92.